The van der Waals surface area contributed by atoms with E-state index < -0.39 is 0 Å². The second-order valence-electron chi connectivity index (χ2n) is 2.87. The van der Waals surface area contributed by atoms with Crippen LogP contribution in [0.1, 0.15) is 39.0 Å². The topological polar surface area (TPSA) is 17.1 Å². The molecule has 1 aliphatic rings. The van der Waals surface area contributed by atoms with E-state index in [0.29, 0.717) is 6.42 Å². The van der Waals surface area contributed by atoms with E-state index in [1.807, 2.05) is 6.92 Å². The van der Waals surface area contributed by atoms with Gasteiger partial charge in [-0.25, -0.2) is 0 Å². The Hall–Kier alpha value is -0.300. The van der Waals surface area contributed by atoms with Gasteiger partial charge in [0.15, 0.2) is 5.78 Å². The molecule has 0 aromatic carbocycles. The molecule has 0 spiro atoms. The van der Waals surface area contributed by atoms with Crippen LogP contribution in [0.5, 0.6) is 0 Å². The molecule has 0 saturated carbocycles. The van der Waals surface area contributed by atoms with Crippen LogP contribution in [0.25, 0.3) is 0 Å². The minimum atomic E-state index is 0.231. The zero-order valence-corrected chi connectivity index (χ0v) is 7.58. The van der Waals surface area contributed by atoms with Crippen molar-refractivity contribution in [2.24, 2.45) is 0 Å². The van der Waals surface area contributed by atoms with Gasteiger partial charge >= 0.3 is 0 Å². The molecular formula is C9H13ClO. The highest BCUT2D eigenvalue weighted by Gasteiger charge is 2.15. The van der Waals surface area contributed by atoms with Crippen molar-refractivity contribution < 1.29 is 4.79 Å². The Kier molecular flexibility index (Phi) is 3.13. The molecule has 0 N–H and O–H groups in total. The van der Waals surface area contributed by atoms with Gasteiger partial charge in [-0.3, -0.25) is 4.79 Å². The molecule has 2 heteroatoms. The first-order valence-electron chi connectivity index (χ1n) is 4.16. The lowest BCUT2D eigenvalue weighted by Crippen LogP contribution is -2.06. The van der Waals surface area contributed by atoms with E-state index in [1.165, 1.54) is 0 Å². The average molecular weight is 173 g/mol. The average Bonchev–Trinajstić information content (AvgIpc) is 2.04. The van der Waals surface area contributed by atoms with Gasteiger partial charge in [-0.2, -0.15) is 0 Å². The summed E-state index contributed by atoms with van der Waals surface area (Å²) in [6, 6.07) is 0. The van der Waals surface area contributed by atoms with Crippen LogP contribution in [-0.4, -0.2) is 5.78 Å². The van der Waals surface area contributed by atoms with Crippen molar-refractivity contribution >= 4 is 17.4 Å². The summed E-state index contributed by atoms with van der Waals surface area (Å²) in [6.45, 7) is 1.88. The summed E-state index contributed by atoms with van der Waals surface area (Å²) in [5, 5.41) is 0.808. The van der Waals surface area contributed by atoms with E-state index in [-0.39, 0.29) is 5.78 Å². The highest BCUT2D eigenvalue weighted by molar-refractivity contribution is 6.32. The molecule has 1 aliphatic carbocycles. The summed E-state index contributed by atoms with van der Waals surface area (Å²) in [4.78, 5) is 11.2. The van der Waals surface area contributed by atoms with Gasteiger partial charge in [0.05, 0.1) is 0 Å². The van der Waals surface area contributed by atoms with Crippen LogP contribution in [0.4, 0.5) is 0 Å². The number of hydrogen-bond acceptors (Lipinski definition) is 1. The number of Topliss-reactive ketones (excluding diaryl/α,β-unsaturated/α-hetero) is 1. The molecule has 0 amide bonds. The standard InChI is InChI=1S/C9H13ClO/c1-2-9(11)7-5-3-4-6-8(7)10/h2-6H2,1H3. The molecule has 0 unspecified atom stereocenters. The number of rotatable bonds is 2. The van der Waals surface area contributed by atoms with Gasteiger partial charge in [0, 0.05) is 17.0 Å². The third kappa shape index (κ3) is 2.06. The van der Waals surface area contributed by atoms with Gasteiger partial charge < -0.3 is 0 Å². The summed E-state index contributed by atoms with van der Waals surface area (Å²) >= 11 is 5.92. The minimum Gasteiger partial charge on any atom is -0.295 e. The van der Waals surface area contributed by atoms with Gasteiger partial charge in [-0.1, -0.05) is 18.5 Å². The molecule has 0 bridgehead atoms. The normalized spacial score (nSPS) is 18.7. The van der Waals surface area contributed by atoms with Crippen molar-refractivity contribution in [2.75, 3.05) is 0 Å². The molecule has 1 nitrogen and oxygen atoms in total. The smallest absolute Gasteiger partial charge is 0.159 e. The number of carbonyl (C=O) groups is 1. The molecule has 62 valence electrons. The highest BCUT2D eigenvalue weighted by Crippen LogP contribution is 2.28. The Morgan fingerprint density at radius 1 is 1.45 bits per heavy atom. The quantitative estimate of drug-likeness (QED) is 0.626. The number of halogens is 1. The van der Waals surface area contributed by atoms with E-state index in [1.54, 1.807) is 0 Å². The summed E-state index contributed by atoms with van der Waals surface area (Å²) in [6.07, 6.45) is 4.65. The third-order valence-corrected chi connectivity index (χ3v) is 2.48. The lowest BCUT2D eigenvalue weighted by Gasteiger charge is -2.13. The molecule has 0 heterocycles. The van der Waals surface area contributed by atoms with Crippen molar-refractivity contribution in [1.82, 2.24) is 0 Å². The molecule has 11 heavy (non-hydrogen) atoms. The first kappa shape index (κ1) is 8.79. The largest absolute Gasteiger partial charge is 0.295 e. The van der Waals surface area contributed by atoms with Crippen molar-refractivity contribution in [3.05, 3.63) is 10.6 Å². The Bertz CT molecular complexity index is 194. The first-order valence-corrected chi connectivity index (χ1v) is 4.54. The van der Waals surface area contributed by atoms with Crippen molar-refractivity contribution in [2.45, 2.75) is 39.0 Å². The first-order chi connectivity index (χ1) is 5.25. The van der Waals surface area contributed by atoms with Crippen LogP contribution in [-0.2, 0) is 4.79 Å². The van der Waals surface area contributed by atoms with E-state index in [9.17, 15) is 4.79 Å². The summed E-state index contributed by atoms with van der Waals surface area (Å²) in [7, 11) is 0. The van der Waals surface area contributed by atoms with Gasteiger partial charge in [0.25, 0.3) is 0 Å². The van der Waals surface area contributed by atoms with Crippen LogP contribution in [0, 0.1) is 0 Å². The van der Waals surface area contributed by atoms with Gasteiger partial charge in [0.1, 0.15) is 0 Å². The molecule has 0 aromatic rings. The van der Waals surface area contributed by atoms with E-state index in [4.69, 9.17) is 11.6 Å². The second-order valence-corrected chi connectivity index (χ2v) is 3.32. The molecule has 0 aliphatic heterocycles. The summed E-state index contributed by atoms with van der Waals surface area (Å²) in [5.74, 6) is 0.231. The third-order valence-electron chi connectivity index (χ3n) is 2.06. The number of allylic oxidation sites excluding steroid dienone is 2. The SMILES string of the molecule is CCC(=O)C1=C(Cl)CCCC1. The van der Waals surface area contributed by atoms with Crippen LogP contribution in [0.15, 0.2) is 10.6 Å². The molecule has 0 saturated heterocycles. The van der Waals surface area contributed by atoms with Gasteiger partial charge in [0.2, 0.25) is 0 Å². The summed E-state index contributed by atoms with van der Waals surface area (Å²) < 4.78 is 0. The van der Waals surface area contributed by atoms with Crippen molar-refractivity contribution in [1.29, 1.82) is 0 Å². The Balaban J connectivity index is 2.74. The fourth-order valence-corrected chi connectivity index (χ4v) is 1.71. The molecule has 0 aromatic heterocycles. The van der Waals surface area contributed by atoms with Crippen LogP contribution in [0.3, 0.4) is 0 Å². The maximum absolute atomic E-state index is 11.2. The van der Waals surface area contributed by atoms with Crippen LogP contribution < -0.4 is 0 Å². The lowest BCUT2D eigenvalue weighted by atomic mass is 9.95. The summed E-state index contributed by atoms with van der Waals surface area (Å²) in [5.41, 5.74) is 0.889. The molecule has 0 radical (unpaired) electrons. The molecule has 0 atom stereocenters. The van der Waals surface area contributed by atoms with E-state index >= 15 is 0 Å². The van der Waals surface area contributed by atoms with Gasteiger partial charge in [-0.15, -0.1) is 0 Å². The predicted molar refractivity (Wildman–Crippen MR) is 46.6 cm³/mol. The maximum Gasteiger partial charge on any atom is 0.159 e. The number of ketones is 1. The second kappa shape index (κ2) is 3.91. The van der Waals surface area contributed by atoms with Crippen LogP contribution >= 0.6 is 11.6 Å². The van der Waals surface area contributed by atoms with E-state index in [0.717, 1.165) is 36.3 Å². The van der Waals surface area contributed by atoms with Gasteiger partial charge in [-0.05, 0) is 25.7 Å². The van der Waals surface area contributed by atoms with Crippen molar-refractivity contribution in [3.8, 4) is 0 Å². The fraction of sp³-hybridized carbons (Fsp3) is 0.667. The predicted octanol–water partition coefficient (Wildman–Crippen LogP) is 3.03. The zero-order valence-electron chi connectivity index (χ0n) is 6.82. The lowest BCUT2D eigenvalue weighted by molar-refractivity contribution is -0.115. The fourth-order valence-electron chi connectivity index (χ4n) is 1.37. The monoisotopic (exact) mass is 172 g/mol. The van der Waals surface area contributed by atoms with Crippen molar-refractivity contribution in [3.63, 3.8) is 0 Å². The number of carbonyl (C=O) groups excluding carboxylic acids is 1. The molecular weight excluding hydrogens is 160 g/mol. The highest BCUT2D eigenvalue weighted by atomic mass is 35.5. The number of hydrogen-bond donors (Lipinski definition) is 0. The van der Waals surface area contributed by atoms with Crippen LogP contribution in [0.2, 0.25) is 0 Å². The Labute approximate surface area is 72.4 Å². The maximum atomic E-state index is 11.2. The Morgan fingerprint density at radius 2 is 2.09 bits per heavy atom. The van der Waals surface area contributed by atoms with E-state index in [2.05, 4.69) is 0 Å². The zero-order chi connectivity index (χ0) is 8.27. The molecule has 1 rings (SSSR count). The Morgan fingerprint density at radius 3 is 2.64 bits per heavy atom. The minimum absolute atomic E-state index is 0.231. The molecule has 0 fully saturated rings.